The maximum Gasteiger partial charge on any atom is 0.320 e. The summed E-state index contributed by atoms with van der Waals surface area (Å²) in [4.78, 5) is 23.7. The lowest BCUT2D eigenvalue weighted by molar-refractivity contribution is -0.161. The van der Waals surface area contributed by atoms with Crippen molar-refractivity contribution < 1.29 is 24.2 Å². The Balaban J connectivity index is 2.93. The number of ether oxygens (including phenoxy) is 2. The zero-order chi connectivity index (χ0) is 15.1. The lowest BCUT2D eigenvalue weighted by atomic mass is 9.99. The fourth-order valence-electron chi connectivity index (χ4n) is 1.67. The van der Waals surface area contributed by atoms with E-state index in [0.29, 0.717) is 5.56 Å². The van der Waals surface area contributed by atoms with Gasteiger partial charge < -0.3 is 14.6 Å². The van der Waals surface area contributed by atoms with Crippen LogP contribution in [0.3, 0.4) is 0 Å². The molecule has 1 aromatic rings. The minimum atomic E-state index is -1.06. The quantitative estimate of drug-likeness (QED) is 0.645. The van der Waals surface area contributed by atoms with Crippen LogP contribution in [0.1, 0.15) is 19.4 Å². The van der Waals surface area contributed by atoms with Gasteiger partial charge in [0.05, 0.1) is 13.2 Å². The summed E-state index contributed by atoms with van der Waals surface area (Å²) in [5, 5.41) is 9.57. The van der Waals surface area contributed by atoms with E-state index in [4.69, 9.17) is 21.1 Å². The molecule has 0 unspecified atom stereocenters. The van der Waals surface area contributed by atoms with Gasteiger partial charge in [0.15, 0.2) is 5.92 Å². The third-order valence-electron chi connectivity index (χ3n) is 2.60. The molecule has 0 fully saturated rings. The van der Waals surface area contributed by atoms with Crippen LogP contribution < -0.4 is 0 Å². The van der Waals surface area contributed by atoms with E-state index in [1.807, 2.05) is 0 Å². The van der Waals surface area contributed by atoms with Crippen molar-refractivity contribution in [2.24, 2.45) is 5.92 Å². The zero-order valence-corrected chi connectivity index (χ0v) is 12.1. The molecule has 0 atom stereocenters. The molecule has 0 radical (unpaired) electrons. The lowest BCUT2D eigenvalue weighted by Gasteiger charge is -2.15. The summed E-state index contributed by atoms with van der Waals surface area (Å²) in [7, 11) is 0. The first kappa shape index (κ1) is 16.3. The molecule has 6 heteroatoms. The third kappa shape index (κ3) is 4.42. The number of hydrogen-bond donors (Lipinski definition) is 1. The van der Waals surface area contributed by atoms with Gasteiger partial charge in [-0.15, -0.1) is 0 Å². The van der Waals surface area contributed by atoms with Crippen LogP contribution in [0.2, 0.25) is 5.02 Å². The predicted molar refractivity (Wildman–Crippen MR) is 73.6 cm³/mol. The second-order valence-corrected chi connectivity index (χ2v) is 4.44. The summed E-state index contributed by atoms with van der Waals surface area (Å²) in [6.07, 6.45) is 0.0663. The molecule has 0 spiro atoms. The third-order valence-corrected chi connectivity index (χ3v) is 2.95. The number of phenolic OH excluding ortho intramolecular Hbond substituents is 1. The number of halogens is 1. The standard InChI is InChI=1S/C14H17ClO5/c1-3-19-13(17)11(14(18)20-4-2)7-9-5-6-10(16)8-12(9)15/h5-6,8,11,16H,3-4,7H2,1-2H3. The van der Waals surface area contributed by atoms with E-state index in [1.54, 1.807) is 19.9 Å². The van der Waals surface area contributed by atoms with Crippen molar-refractivity contribution in [3.63, 3.8) is 0 Å². The largest absolute Gasteiger partial charge is 0.508 e. The average molecular weight is 301 g/mol. The van der Waals surface area contributed by atoms with Crippen molar-refractivity contribution in [2.75, 3.05) is 13.2 Å². The van der Waals surface area contributed by atoms with Gasteiger partial charge in [-0.05, 0) is 38.0 Å². The van der Waals surface area contributed by atoms with Gasteiger partial charge in [-0.2, -0.15) is 0 Å². The summed E-state index contributed by atoms with van der Waals surface area (Å²) in [6, 6.07) is 4.35. The predicted octanol–water partition coefficient (Wildman–Crippen LogP) is 2.33. The molecule has 0 heterocycles. The van der Waals surface area contributed by atoms with Crippen molar-refractivity contribution in [1.82, 2.24) is 0 Å². The maximum absolute atomic E-state index is 11.8. The SMILES string of the molecule is CCOC(=O)C(Cc1ccc(O)cc1Cl)C(=O)OCC. The van der Waals surface area contributed by atoms with Gasteiger partial charge in [0.1, 0.15) is 5.75 Å². The number of carbonyl (C=O) groups is 2. The first-order chi connectivity index (χ1) is 9.49. The van der Waals surface area contributed by atoms with E-state index in [9.17, 15) is 14.7 Å². The van der Waals surface area contributed by atoms with E-state index < -0.39 is 17.9 Å². The molecule has 0 aliphatic carbocycles. The van der Waals surface area contributed by atoms with Crippen LogP contribution in [-0.2, 0) is 25.5 Å². The van der Waals surface area contributed by atoms with Gasteiger partial charge in [0, 0.05) is 5.02 Å². The Kier molecular flexibility index (Phi) is 6.31. The number of hydrogen-bond acceptors (Lipinski definition) is 5. The van der Waals surface area contributed by atoms with Crippen LogP contribution in [0.4, 0.5) is 0 Å². The van der Waals surface area contributed by atoms with Crippen LogP contribution in [0.5, 0.6) is 5.75 Å². The molecule has 1 rings (SSSR count). The topological polar surface area (TPSA) is 72.8 Å². The highest BCUT2D eigenvalue weighted by Gasteiger charge is 2.30. The number of carbonyl (C=O) groups excluding carboxylic acids is 2. The Morgan fingerprint density at radius 2 is 1.75 bits per heavy atom. The van der Waals surface area contributed by atoms with Crippen LogP contribution in [0.25, 0.3) is 0 Å². The molecular weight excluding hydrogens is 284 g/mol. The van der Waals surface area contributed by atoms with Crippen LogP contribution in [-0.4, -0.2) is 30.3 Å². The maximum atomic E-state index is 11.8. The summed E-state index contributed by atoms with van der Waals surface area (Å²) >= 11 is 5.97. The van der Waals surface area contributed by atoms with E-state index in [1.165, 1.54) is 12.1 Å². The molecular formula is C14H17ClO5. The Bertz CT molecular complexity index is 468. The number of phenols is 1. The molecule has 0 saturated heterocycles. The van der Waals surface area contributed by atoms with Crippen LogP contribution in [0, 0.1) is 5.92 Å². The molecule has 0 saturated carbocycles. The van der Waals surface area contributed by atoms with Gasteiger partial charge in [-0.25, -0.2) is 0 Å². The van der Waals surface area contributed by atoms with Crippen LogP contribution in [0.15, 0.2) is 18.2 Å². The summed E-state index contributed by atoms with van der Waals surface area (Å²) in [5.74, 6) is -2.33. The Labute approximate surface area is 122 Å². The number of benzene rings is 1. The second kappa shape index (κ2) is 7.75. The van der Waals surface area contributed by atoms with Gasteiger partial charge >= 0.3 is 11.9 Å². The fraction of sp³-hybridized carbons (Fsp3) is 0.429. The van der Waals surface area contributed by atoms with E-state index >= 15 is 0 Å². The Morgan fingerprint density at radius 3 is 2.20 bits per heavy atom. The summed E-state index contributed by atoms with van der Waals surface area (Å²) in [6.45, 7) is 3.68. The molecule has 20 heavy (non-hydrogen) atoms. The van der Waals surface area contributed by atoms with Crippen molar-refractivity contribution in [2.45, 2.75) is 20.3 Å². The average Bonchev–Trinajstić information content (AvgIpc) is 2.38. The highest BCUT2D eigenvalue weighted by Crippen LogP contribution is 2.24. The summed E-state index contributed by atoms with van der Waals surface area (Å²) < 4.78 is 9.75. The van der Waals surface area contributed by atoms with Crippen LogP contribution >= 0.6 is 11.6 Å². The van der Waals surface area contributed by atoms with Gasteiger partial charge in [-0.1, -0.05) is 17.7 Å². The van der Waals surface area contributed by atoms with Crippen molar-refractivity contribution in [1.29, 1.82) is 0 Å². The molecule has 1 N–H and O–H groups in total. The van der Waals surface area contributed by atoms with E-state index in [0.717, 1.165) is 0 Å². The fourth-order valence-corrected chi connectivity index (χ4v) is 1.92. The molecule has 0 aromatic heterocycles. The second-order valence-electron chi connectivity index (χ2n) is 4.04. The van der Waals surface area contributed by atoms with Gasteiger partial charge in [0.2, 0.25) is 0 Å². The number of rotatable bonds is 6. The Morgan fingerprint density at radius 1 is 1.20 bits per heavy atom. The molecule has 0 amide bonds. The highest BCUT2D eigenvalue weighted by molar-refractivity contribution is 6.31. The van der Waals surface area contributed by atoms with E-state index in [-0.39, 0.29) is 30.4 Å². The normalized spacial score (nSPS) is 10.4. The molecule has 0 bridgehead atoms. The summed E-state index contributed by atoms with van der Waals surface area (Å²) in [5.41, 5.74) is 0.565. The molecule has 0 aliphatic rings. The van der Waals surface area contributed by atoms with Crippen molar-refractivity contribution in [3.8, 4) is 5.75 Å². The molecule has 0 aliphatic heterocycles. The monoisotopic (exact) mass is 300 g/mol. The lowest BCUT2D eigenvalue weighted by Crippen LogP contribution is -2.30. The van der Waals surface area contributed by atoms with E-state index in [2.05, 4.69) is 0 Å². The molecule has 5 nitrogen and oxygen atoms in total. The number of aromatic hydroxyl groups is 1. The Hall–Kier alpha value is -1.75. The first-order valence-electron chi connectivity index (χ1n) is 6.30. The minimum Gasteiger partial charge on any atom is -0.508 e. The van der Waals surface area contributed by atoms with Gasteiger partial charge in [0.25, 0.3) is 0 Å². The highest BCUT2D eigenvalue weighted by atomic mass is 35.5. The molecule has 1 aromatic carbocycles. The molecule has 110 valence electrons. The number of esters is 2. The zero-order valence-electron chi connectivity index (χ0n) is 11.4. The van der Waals surface area contributed by atoms with Crippen molar-refractivity contribution >= 4 is 23.5 Å². The van der Waals surface area contributed by atoms with Gasteiger partial charge in [-0.3, -0.25) is 9.59 Å². The smallest absolute Gasteiger partial charge is 0.320 e. The minimum absolute atomic E-state index is 0.0163. The van der Waals surface area contributed by atoms with Crippen molar-refractivity contribution in [3.05, 3.63) is 28.8 Å². The first-order valence-corrected chi connectivity index (χ1v) is 6.68.